The van der Waals surface area contributed by atoms with E-state index in [1.807, 2.05) is 0 Å². The van der Waals surface area contributed by atoms with E-state index in [1.165, 1.54) is 14.2 Å². The van der Waals surface area contributed by atoms with E-state index in [1.54, 1.807) is 18.2 Å². The minimum Gasteiger partial charge on any atom is -0.497 e. The van der Waals surface area contributed by atoms with Crippen molar-refractivity contribution in [3.05, 3.63) is 23.8 Å². The summed E-state index contributed by atoms with van der Waals surface area (Å²) in [5.41, 5.74) is 0.455. The Morgan fingerprint density at radius 1 is 1.21 bits per heavy atom. The standard InChI is InChI=1S/C10H12O4/c1-13-8-3-7(10(12)6-11)4-9(5-8)14-2/h3-6,10,12H,1-2H3. The van der Waals surface area contributed by atoms with Crippen LogP contribution >= 0.6 is 0 Å². The van der Waals surface area contributed by atoms with E-state index in [4.69, 9.17) is 9.47 Å². The number of methoxy groups -OCH3 is 2. The third-order valence-electron chi connectivity index (χ3n) is 1.84. The second kappa shape index (κ2) is 4.62. The van der Waals surface area contributed by atoms with Gasteiger partial charge in [-0.05, 0) is 17.7 Å². The lowest BCUT2D eigenvalue weighted by atomic mass is 10.1. The molecule has 1 rings (SSSR count). The van der Waals surface area contributed by atoms with Crippen LogP contribution in [0.15, 0.2) is 18.2 Å². The van der Waals surface area contributed by atoms with Crippen LogP contribution in [0.2, 0.25) is 0 Å². The smallest absolute Gasteiger partial charge is 0.153 e. The molecule has 0 saturated heterocycles. The van der Waals surface area contributed by atoms with Crippen molar-refractivity contribution in [2.75, 3.05) is 14.2 Å². The van der Waals surface area contributed by atoms with Crippen molar-refractivity contribution in [3.63, 3.8) is 0 Å². The zero-order valence-corrected chi connectivity index (χ0v) is 8.06. The molecule has 0 aliphatic heterocycles. The summed E-state index contributed by atoms with van der Waals surface area (Å²) in [6.45, 7) is 0. The fourth-order valence-electron chi connectivity index (χ4n) is 1.08. The molecule has 4 heteroatoms. The summed E-state index contributed by atoms with van der Waals surface area (Å²) in [5, 5.41) is 9.29. The number of ether oxygens (including phenoxy) is 2. The minimum atomic E-state index is -1.14. The molecule has 0 amide bonds. The van der Waals surface area contributed by atoms with Gasteiger partial charge in [-0.3, -0.25) is 0 Å². The van der Waals surface area contributed by atoms with Crippen molar-refractivity contribution in [3.8, 4) is 11.5 Å². The first kappa shape index (κ1) is 10.5. The van der Waals surface area contributed by atoms with E-state index >= 15 is 0 Å². The van der Waals surface area contributed by atoms with Gasteiger partial charge in [0.2, 0.25) is 0 Å². The molecule has 4 nitrogen and oxygen atoms in total. The molecule has 0 aliphatic rings. The topological polar surface area (TPSA) is 55.8 Å². The molecule has 0 aromatic heterocycles. The van der Waals surface area contributed by atoms with Crippen LogP contribution in [0, 0.1) is 0 Å². The predicted octanol–water partition coefficient (Wildman–Crippen LogP) is 0.936. The number of carbonyl (C=O) groups is 1. The van der Waals surface area contributed by atoms with Crippen LogP contribution in [-0.2, 0) is 4.79 Å². The average molecular weight is 196 g/mol. The fourth-order valence-corrected chi connectivity index (χ4v) is 1.08. The number of hydrogen-bond acceptors (Lipinski definition) is 4. The summed E-state index contributed by atoms with van der Waals surface area (Å²) >= 11 is 0. The number of benzene rings is 1. The summed E-state index contributed by atoms with van der Waals surface area (Å²) in [6, 6.07) is 4.84. The van der Waals surface area contributed by atoms with Gasteiger partial charge in [-0.25, -0.2) is 0 Å². The van der Waals surface area contributed by atoms with Crippen LogP contribution in [0.5, 0.6) is 11.5 Å². The summed E-state index contributed by atoms with van der Waals surface area (Å²) in [4.78, 5) is 10.4. The van der Waals surface area contributed by atoms with Crippen LogP contribution in [0.3, 0.4) is 0 Å². The number of aldehydes is 1. The van der Waals surface area contributed by atoms with Gasteiger partial charge in [0.05, 0.1) is 14.2 Å². The van der Waals surface area contributed by atoms with Crippen LogP contribution in [0.4, 0.5) is 0 Å². The molecular weight excluding hydrogens is 184 g/mol. The molecule has 0 fully saturated rings. The second-order valence-corrected chi connectivity index (χ2v) is 2.73. The van der Waals surface area contributed by atoms with E-state index in [0.717, 1.165) is 0 Å². The number of aliphatic hydroxyl groups excluding tert-OH is 1. The number of aliphatic hydroxyl groups is 1. The first-order valence-electron chi connectivity index (χ1n) is 4.07. The van der Waals surface area contributed by atoms with Crippen LogP contribution < -0.4 is 9.47 Å². The lowest BCUT2D eigenvalue weighted by Gasteiger charge is -2.09. The van der Waals surface area contributed by atoms with Gasteiger partial charge in [-0.2, -0.15) is 0 Å². The van der Waals surface area contributed by atoms with Crippen molar-refractivity contribution in [2.45, 2.75) is 6.10 Å². The Labute approximate surface area is 82.1 Å². The molecule has 14 heavy (non-hydrogen) atoms. The SMILES string of the molecule is COc1cc(OC)cc(C(O)C=O)c1. The second-order valence-electron chi connectivity index (χ2n) is 2.73. The zero-order valence-electron chi connectivity index (χ0n) is 8.06. The number of carbonyl (C=O) groups excluding carboxylic acids is 1. The van der Waals surface area contributed by atoms with Crippen molar-refractivity contribution in [1.82, 2.24) is 0 Å². The molecule has 0 radical (unpaired) electrons. The van der Waals surface area contributed by atoms with Crippen LogP contribution in [0.1, 0.15) is 11.7 Å². The Morgan fingerprint density at radius 3 is 2.07 bits per heavy atom. The summed E-state index contributed by atoms with van der Waals surface area (Å²) < 4.78 is 9.97. The van der Waals surface area contributed by atoms with Crippen LogP contribution in [-0.4, -0.2) is 25.6 Å². The average Bonchev–Trinajstić information content (AvgIpc) is 2.27. The van der Waals surface area contributed by atoms with E-state index in [-0.39, 0.29) is 0 Å². The highest BCUT2D eigenvalue weighted by molar-refractivity contribution is 5.60. The van der Waals surface area contributed by atoms with Gasteiger partial charge in [0, 0.05) is 6.07 Å². The third kappa shape index (κ3) is 2.23. The maximum atomic E-state index is 10.4. The molecule has 0 spiro atoms. The summed E-state index contributed by atoms with van der Waals surface area (Å²) in [6.07, 6.45) is -0.687. The van der Waals surface area contributed by atoms with Crippen molar-refractivity contribution in [1.29, 1.82) is 0 Å². The van der Waals surface area contributed by atoms with Gasteiger partial charge >= 0.3 is 0 Å². The zero-order chi connectivity index (χ0) is 10.6. The molecule has 1 atom stereocenters. The molecule has 1 unspecified atom stereocenters. The molecule has 0 aliphatic carbocycles. The highest BCUT2D eigenvalue weighted by atomic mass is 16.5. The fraction of sp³-hybridized carbons (Fsp3) is 0.300. The van der Waals surface area contributed by atoms with Gasteiger partial charge < -0.3 is 19.4 Å². The quantitative estimate of drug-likeness (QED) is 0.728. The van der Waals surface area contributed by atoms with E-state index < -0.39 is 6.10 Å². The lowest BCUT2D eigenvalue weighted by Crippen LogP contribution is -1.99. The minimum absolute atomic E-state index is 0.453. The number of rotatable bonds is 4. The highest BCUT2D eigenvalue weighted by Crippen LogP contribution is 2.25. The van der Waals surface area contributed by atoms with Crippen molar-refractivity contribution < 1.29 is 19.4 Å². The lowest BCUT2D eigenvalue weighted by molar-refractivity contribution is -0.115. The number of hydrogen-bond donors (Lipinski definition) is 1. The van der Waals surface area contributed by atoms with Gasteiger partial charge in [0.25, 0.3) is 0 Å². The molecule has 1 N–H and O–H groups in total. The molecular formula is C10H12O4. The summed E-state index contributed by atoms with van der Waals surface area (Å²) in [7, 11) is 3.01. The Morgan fingerprint density at radius 2 is 1.71 bits per heavy atom. The van der Waals surface area contributed by atoms with E-state index in [0.29, 0.717) is 23.3 Å². The maximum absolute atomic E-state index is 10.4. The first-order chi connectivity index (χ1) is 6.71. The summed E-state index contributed by atoms with van der Waals surface area (Å²) in [5.74, 6) is 1.08. The molecule has 1 aromatic rings. The monoisotopic (exact) mass is 196 g/mol. The molecule has 1 aromatic carbocycles. The van der Waals surface area contributed by atoms with Crippen molar-refractivity contribution in [2.24, 2.45) is 0 Å². The Balaban J connectivity index is 3.09. The van der Waals surface area contributed by atoms with E-state index in [2.05, 4.69) is 0 Å². The highest BCUT2D eigenvalue weighted by Gasteiger charge is 2.09. The Hall–Kier alpha value is -1.55. The molecule has 0 heterocycles. The predicted molar refractivity (Wildman–Crippen MR) is 50.6 cm³/mol. The normalized spacial score (nSPS) is 11.9. The van der Waals surface area contributed by atoms with Gasteiger partial charge in [-0.15, -0.1) is 0 Å². The molecule has 0 saturated carbocycles. The van der Waals surface area contributed by atoms with Gasteiger partial charge in [0.15, 0.2) is 6.29 Å². The van der Waals surface area contributed by atoms with Crippen LogP contribution in [0.25, 0.3) is 0 Å². The third-order valence-corrected chi connectivity index (χ3v) is 1.84. The van der Waals surface area contributed by atoms with Crippen molar-refractivity contribution >= 4 is 6.29 Å². The molecule has 0 bridgehead atoms. The van der Waals surface area contributed by atoms with E-state index in [9.17, 15) is 9.90 Å². The Bertz CT molecular complexity index is 300. The largest absolute Gasteiger partial charge is 0.497 e. The van der Waals surface area contributed by atoms with Gasteiger partial charge in [-0.1, -0.05) is 0 Å². The van der Waals surface area contributed by atoms with Gasteiger partial charge in [0.1, 0.15) is 17.6 Å². The molecule has 76 valence electrons. The Kier molecular flexibility index (Phi) is 3.48. The first-order valence-corrected chi connectivity index (χ1v) is 4.07. The maximum Gasteiger partial charge on any atom is 0.153 e.